The fourth-order valence-electron chi connectivity index (χ4n) is 2.32. The zero-order chi connectivity index (χ0) is 16.7. The third-order valence-electron chi connectivity index (χ3n) is 3.74. The third kappa shape index (κ3) is 5.78. The topological polar surface area (TPSA) is 38.3 Å². The number of hydrogen-bond donors (Lipinski definition) is 1. The second-order valence-electron chi connectivity index (χ2n) is 6.10. The van der Waals surface area contributed by atoms with Crippen LogP contribution in [0.1, 0.15) is 36.5 Å². The number of ether oxygens (including phenoxy) is 1. The molecular weight excluding hydrogens is 286 g/mol. The molecule has 1 N–H and O–H groups in total. The summed E-state index contributed by atoms with van der Waals surface area (Å²) < 4.78 is 5.48. The summed E-state index contributed by atoms with van der Waals surface area (Å²) in [6, 6.07) is 16.3. The third-order valence-corrected chi connectivity index (χ3v) is 3.74. The van der Waals surface area contributed by atoms with E-state index >= 15 is 0 Å². The number of aryl methyl sites for hydroxylation is 1. The molecule has 0 saturated carbocycles. The minimum absolute atomic E-state index is 0.0513. The molecule has 0 bridgehead atoms. The second-order valence-corrected chi connectivity index (χ2v) is 6.10. The zero-order valence-electron chi connectivity index (χ0n) is 14.1. The van der Waals surface area contributed by atoms with Gasteiger partial charge in [0.1, 0.15) is 5.75 Å². The molecule has 2 rings (SSSR count). The van der Waals surface area contributed by atoms with Crippen LogP contribution in [0, 0.1) is 6.92 Å². The van der Waals surface area contributed by atoms with Crippen molar-refractivity contribution >= 4 is 5.91 Å². The maximum absolute atomic E-state index is 11.8. The minimum atomic E-state index is -0.0923. The van der Waals surface area contributed by atoms with Crippen LogP contribution in [0.3, 0.4) is 0 Å². The van der Waals surface area contributed by atoms with Crippen molar-refractivity contribution in [1.29, 1.82) is 0 Å². The number of rotatable bonds is 7. The molecule has 0 fully saturated rings. The first-order valence-corrected chi connectivity index (χ1v) is 8.09. The molecule has 23 heavy (non-hydrogen) atoms. The van der Waals surface area contributed by atoms with Gasteiger partial charge in [0.25, 0.3) is 5.91 Å². The highest BCUT2D eigenvalue weighted by atomic mass is 16.5. The van der Waals surface area contributed by atoms with Gasteiger partial charge in [-0.25, -0.2) is 0 Å². The van der Waals surface area contributed by atoms with Crippen molar-refractivity contribution in [3.63, 3.8) is 0 Å². The van der Waals surface area contributed by atoms with Crippen LogP contribution >= 0.6 is 0 Å². The molecular formula is C20H25NO2. The van der Waals surface area contributed by atoms with E-state index in [1.54, 1.807) is 0 Å². The van der Waals surface area contributed by atoms with Crippen LogP contribution in [0.5, 0.6) is 5.75 Å². The summed E-state index contributed by atoms with van der Waals surface area (Å²) in [5.74, 6) is 1.18. The summed E-state index contributed by atoms with van der Waals surface area (Å²) in [6.45, 7) is 7.04. The van der Waals surface area contributed by atoms with Crippen molar-refractivity contribution < 1.29 is 9.53 Å². The zero-order valence-corrected chi connectivity index (χ0v) is 14.1. The number of nitrogens with one attached hydrogen (secondary N) is 1. The first-order valence-electron chi connectivity index (χ1n) is 8.09. The van der Waals surface area contributed by atoms with Crippen LogP contribution < -0.4 is 10.1 Å². The molecule has 0 radical (unpaired) electrons. The molecule has 122 valence electrons. The van der Waals surface area contributed by atoms with Gasteiger partial charge < -0.3 is 10.1 Å². The summed E-state index contributed by atoms with van der Waals surface area (Å²) in [4.78, 5) is 11.8. The van der Waals surface area contributed by atoms with E-state index in [9.17, 15) is 4.79 Å². The Kier molecular flexibility index (Phi) is 6.21. The number of carbonyl (C=O) groups is 1. The SMILES string of the molecule is Cc1cccc(OCC(=O)NCCc2ccc(C(C)C)cc2)c1. The molecule has 0 heterocycles. The molecule has 0 aromatic heterocycles. The first-order chi connectivity index (χ1) is 11.0. The Balaban J connectivity index is 1.70. The van der Waals surface area contributed by atoms with Gasteiger partial charge in [0.05, 0.1) is 0 Å². The van der Waals surface area contributed by atoms with Gasteiger partial charge in [-0.15, -0.1) is 0 Å². The van der Waals surface area contributed by atoms with E-state index in [2.05, 4.69) is 43.4 Å². The quantitative estimate of drug-likeness (QED) is 0.843. The number of amides is 1. The van der Waals surface area contributed by atoms with Gasteiger partial charge in [-0.2, -0.15) is 0 Å². The number of carbonyl (C=O) groups excluding carboxylic acids is 1. The lowest BCUT2D eigenvalue weighted by atomic mass is 10.0. The summed E-state index contributed by atoms with van der Waals surface area (Å²) in [5, 5.41) is 2.89. The normalized spacial score (nSPS) is 10.6. The van der Waals surface area contributed by atoms with Gasteiger partial charge in [0.2, 0.25) is 0 Å². The van der Waals surface area contributed by atoms with Crippen molar-refractivity contribution in [3.05, 3.63) is 65.2 Å². The van der Waals surface area contributed by atoms with Crippen molar-refractivity contribution in [1.82, 2.24) is 5.32 Å². The highest BCUT2D eigenvalue weighted by Crippen LogP contribution is 2.15. The van der Waals surface area contributed by atoms with Gasteiger partial charge in [0, 0.05) is 6.54 Å². The van der Waals surface area contributed by atoms with Gasteiger partial charge >= 0.3 is 0 Å². The Labute approximate surface area is 138 Å². The molecule has 0 aliphatic rings. The Hall–Kier alpha value is -2.29. The highest BCUT2D eigenvalue weighted by Gasteiger charge is 2.03. The summed E-state index contributed by atoms with van der Waals surface area (Å²) in [5.41, 5.74) is 3.69. The van der Waals surface area contributed by atoms with E-state index < -0.39 is 0 Å². The van der Waals surface area contributed by atoms with Crippen molar-refractivity contribution in [2.24, 2.45) is 0 Å². The lowest BCUT2D eigenvalue weighted by Crippen LogP contribution is -2.30. The molecule has 0 spiro atoms. The Morgan fingerprint density at radius 1 is 1.13 bits per heavy atom. The van der Waals surface area contributed by atoms with Crippen molar-refractivity contribution in [2.45, 2.75) is 33.1 Å². The van der Waals surface area contributed by atoms with Crippen molar-refractivity contribution in [3.8, 4) is 5.75 Å². The van der Waals surface area contributed by atoms with Gasteiger partial charge in [-0.1, -0.05) is 50.2 Å². The van der Waals surface area contributed by atoms with Crippen LogP contribution in [-0.4, -0.2) is 19.1 Å². The average Bonchev–Trinajstić information content (AvgIpc) is 2.53. The first kappa shape index (κ1) is 17.1. The molecule has 0 atom stereocenters. The number of benzene rings is 2. The summed E-state index contributed by atoms with van der Waals surface area (Å²) in [6.07, 6.45) is 0.828. The molecule has 2 aromatic rings. The maximum atomic E-state index is 11.8. The Bertz CT molecular complexity index is 632. The molecule has 0 aliphatic carbocycles. The second kappa shape index (κ2) is 8.37. The van der Waals surface area contributed by atoms with E-state index in [4.69, 9.17) is 4.74 Å². The van der Waals surface area contributed by atoms with E-state index in [0.717, 1.165) is 17.7 Å². The summed E-state index contributed by atoms with van der Waals surface area (Å²) in [7, 11) is 0. The fraction of sp³-hybridized carbons (Fsp3) is 0.350. The Morgan fingerprint density at radius 2 is 1.87 bits per heavy atom. The average molecular weight is 311 g/mol. The predicted molar refractivity (Wildman–Crippen MR) is 93.9 cm³/mol. The van der Waals surface area contributed by atoms with Gasteiger partial charge in [-0.05, 0) is 48.1 Å². The van der Waals surface area contributed by atoms with E-state index in [1.807, 2.05) is 31.2 Å². The maximum Gasteiger partial charge on any atom is 0.257 e. The molecule has 2 aromatic carbocycles. The van der Waals surface area contributed by atoms with Crippen LogP contribution in [0.2, 0.25) is 0 Å². The Morgan fingerprint density at radius 3 is 2.52 bits per heavy atom. The fourth-order valence-corrected chi connectivity index (χ4v) is 2.32. The monoisotopic (exact) mass is 311 g/mol. The standard InChI is InChI=1S/C20H25NO2/c1-15(2)18-9-7-17(8-10-18)11-12-21-20(22)14-23-19-6-4-5-16(3)13-19/h4-10,13,15H,11-12,14H2,1-3H3,(H,21,22). The smallest absolute Gasteiger partial charge is 0.257 e. The largest absolute Gasteiger partial charge is 0.484 e. The molecule has 1 amide bonds. The molecule has 0 aliphatic heterocycles. The molecule has 0 unspecified atom stereocenters. The van der Waals surface area contributed by atoms with E-state index in [0.29, 0.717) is 12.5 Å². The van der Waals surface area contributed by atoms with Crippen LogP contribution in [0.15, 0.2) is 48.5 Å². The molecule has 3 heteroatoms. The summed E-state index contributed by atoms with van der Waals surface area (Å²) >= 11 is 0. The minimum Gasteiger partial charge on any atom is -0.484 e. The lowest BCUT2D eigenvalue weighted by molar-refractivity contribution is -0.123. The molecule has 3 nitrogen and oxygen atoms in total. The van der Waals surface area contributed by atoms with Crippen LogP contribution in [-0.2, 0) is 11.2 Å². The highest BCUT2D eigenvalue weighted by molar-refractivity contribution is 5.77. The van der Waals surface area contributed by atoms with Gasteiger partial charge in [0.15, 0.2) is 6.61 Å². The predicted octanol–water partition coefficient (Wildman–Crippen LogP) is 3.86. The van der Waals surface area contributed by atoms with Crippen LogP contribution in [0.4, 0.5) is 0 Å². The van der Waals surface area contributed by atoms with Crippen molar-refractivity contribution in [2.75, 3.05) is 13.2 Å². The van der Waals surface area contributed by atoms with E-state index in [-0.39, 0.29) is 12.5 Å². The number of hydrogen-bond acceptors (Lipinski definition) is 2. The van der Waals surface area contributed by atoms with Gasteiger partial charge in [-0.3, -0.25) is 4.79 Å². The van der Waals surface area contributed by atoms with Crippen LogP contribution in [0.25, 0.3) is 0 Å². The van der Waals surface area contributed by atoms with E-state index in [1.165, 1.54) is 11.1 Å². The molecule has 0 saturated heterocycles. The lowest BCUT2D eigenvalue weighted by Gasteiger charge is -2.09.